The monoisotopic (exact) mass is 408 g/mol. The highest BCUT2D eigenvalue weighted by atomic mass is 35.5. The Bertz CT molecular complexity index is 846. The van der Waals surface area contributed by atoms with Crippen molar-refractivity contribution in [3.63, 3.8) is 0 Å². The summed E-state index contributed by atoms with van der Waals surface area (Å²) in [6, 6.07) is 13.3. The summed E-state index contributed by atoms with van der Waals surface area (Å²) < 4.78 is 2.05. The first-order chi connectivity index (χ1) is 12.1. The van der Waals surface area contributed by atoms with Gasteiger partial charge in [-0.2, -0.15) is 0 Å². The molecule has 0 aliphatic heterocycles. The molecule has 0 saturated carbocycles. The minimum Gasteiger partial charge on any atom is -0.336 e. The van der Waals surface area contributed by atoms with Crippen molar-refractivity contribution in [1.82, 2.24) is 9.55 Å². The van der Waals surface area contributed by atoms with Crippen LogP contribution in [-0.2, 0) is 6.54 Å². The van der Waals surface area contributed by atoms with Crippen LogP contribution in [0.25, 0.3) is 6.08 Å². The predicted octanol–water partition coefficient (Wildman–Crippen LogP) is 6.72. The van der Waals surface area contributed by atoms with Gasteiger partial charge in [-0.15, -0.1) is 11.8 Å². The molecule has 0 bridgehead atoms. The number of benzene rings is 2. The van der Waals surface area contributed by atoms with Gasteiger partial charge in [0, 0.05) is 39.1 Å². The molecular formula is C19H15Cl3N2S. The highest BCUT2D eigenvalue weighted by molar-refractivity contribution is 8.00. The van der Waals surface area contributed by atoms with Crippen LogP contribution in [0.1, 0.15) is 5.56 Å². The van der Waals surface area contributed by atoms with E-state index in [4.69, 9.17) is 34.8 Å². The first-order valence-corrected chi connectivity index (χ1v) is 9.63. The second kappa shape index (κ2) is 8.81. The van der Waals surface area contributed by atoms with E-state index in [1.165, 1.54) is 0 Å². The van der Waals surface area contributed by atoms with Crippen molar-refractivity contribution in [2.75, 3.05) is 0 Å². The average Bonchev–Trinajstić information content (AvgIpc) is 3.09. The van der Waals surface area contributed by atoms with Crippen LogP contribution in [0.2, 0.25) is 15.1 Å². The lowest BCUT2D eigenvalue weighted by molar-refractivity contribution is 0.720. The van der Waals surface area contributed by atoms with E-state index in [0.29, 0.717) is 10.0 Å². The molecule has 0 aliphatic rings. The molecule has 2 aromatic carbocycles. The average molecular weight is 410 g/mol. The zero-order valence-corrected chi connectivity index (χ0v) is 16.2. The fraction of sp³-hybridized carbons (Fsp3) is 0.105. The maximum absolute atomic E-state index is 6.33. The van der Waals surface area contributed by atoms with Gasteiger partial charge in [0.15, 0.2) is 0 Å². The molecule has 6 heteroatoms. The van der Waals surface area contributed by atoms with Crippen LogP contribution < -0.4 is 0 Å². The molecule has 0 aliphatic carbocycles. The van der Waals surface area contributed by atoms with Gasteiger partial charge in [0.25, 0.3) is 0 Å². The van der Waals surface area contributed by atoms with E-state index in [2.05, 4.69) is 17.1 Å². The number of hydrogen-bond donors (Lipinski definition) is 0. The van der Waals surface area contributed by atoms with Crippen molar-refractivity contribution in [2.24, 2.45) is 0 Å². The Morgan fingerprint density at radius 3 is 2.48 bits per heavy atom. The second-order valence-electron chi connectivity index (χ2n) is 5.40. The first-order valence-electron chi connectivity index (χ1n) is 7.61. The van der Waals surface area contributed by atoms with Gasteiger partial charge in [-0.05, 0) is 35.9 Å². The third-order valence-electron chi connectivity index (χ3n) is 3.50. The fourth-order valence-corrected chi connectivity index (χ4v) is 3.98. The molecule has 2 nitrogen and oxygen atoms in total. The molecular weight excluding hydrogens is 395 g/mol. The summed E-state index contributed by atoms with van der Waals surface area (Å²) in [6.45, 7) is 0.785. The maximum atomic E-state index is 6.33. The highest BCUT2D eigenvalue weighted by Crippen LogP contribution is 2.33. The number of rotatable bonds is 6. The molecule has 25 heavy (non-hydrogen) atoms. The zero-order chi connectivity index (χ0) is 17.6. The van der Waals surface area contributed by atoms with Crippen LogP contribution in [0, 0.1) is 0 Å². The van der Waals surface area contributed by atoms with Crippen LogP contribution >= 0.6 is 46.6 Å². The van der Waals surface area contributed by atoms with Crippen LogP contribution in [0.5, 0.6) is 0 Å². The minimum absolute atomic E-state index is 0.184. The Morgan fingerprint density at radius 2 is 1.80 bits per heavy atom. The molecule has 1 aromatic heterocycles. The molecule has 0 amide bonds. The molecule has 0 N–H and O–H groups in total. The van der Waals surface area contributed by atoms with E-state index >= 15 is 0 Å². The SMILES string of the molecule is Clc1ccc(C=CC(Cn2ccnc2)Sc2ccc(Cl)cc2Cl)cc1. The summed E-state index contributed by atoms with van der Waals surface area (Å²) >= 11 is 20.0. The van der Waals surface area contributed by atoms with Gasteiger partial charge in [-0.25, -0.2) is 4.98 Å². The van der Waals surface area contributed by atoms with Gasteiger partial charge in [0.1, 0.15) is 0 Å². The zero-order valence-electron chi connectivity index (χ0n) is 13.1. The first kappa shape index (κ1) is 18.4. The Kier molecular flexibility index (Phi) is 6.49. The van der Waals surface area contributed by atoms with E-state index in [-0.39, 0.29) is 5.25 Å². The van der Waals surface area contributed by atoms with Crippen LogP contribution in [-0.4, -0.2) is 14.8 Å². The number of aromatic nitrogens is 2. The van der Waals surface area contributed by atoms with Crippen molar-refractivity contribution >= 4 is 52.6 Å². The molecule has 0 saturated heterocycles. The van der Waals surface area contributed by atoms with Crippen molar-refractivity contribution in [3.05, 3.63) is 87.9 Å². The van der Waals surface area contributed by atoms with E-state index in [0.717, 1.165) is 22.0 Å². The number of thioether (sulfide) groups is 1. The number of imidazole rings is 1. The molecule has 0 fully saturated rings. The normalized spacial score (nSPS) is 12.6. The van der Waals surface area contributed by atoms with Gasteiger partial charge in [-0.1, -0.05) is 59.1 Å². The Hall–Kier alpha value is -1.39. The van der Waals surface area contributed by atoms with E-state index in [9.17, 15) is 0 Å². The topological polar surface area (TPSA) is 17.8 Å². The summed E-state index contributed by atoms with van der Waals surface area (Å²) in [5.74, 6) is 0. The molecule has 128 valence electrons. The van der Waals surface area contributed by atoms with Gasteiger partial charge < -0.3 is 4.57 Å². The van der Waals surface area contributed by atoms with Crippen molar-refractivity contribution in [1.29, 1.82) is 0 Å². The Balaban J connectivity index is 1.80. The quantitative estimate of drug-likeness (QED) is 0.421. The molecule has 3 aromatic rings. The summed E-state index contributed by atoms with van der Waals surface area (Å²) in [5, 5.41) is 2.21. The second-order valence-corrected chi connectivity index (χ2v) is 7.96. The fourth-order valence-electron chi connectivity index (χ4n) is 2.27. The molecule has 1 heterocycles. The Morgan fingerprint density at radius 1 is 1.04 bits per heavy atom. The summed E-state index contributed by atoms with van der Waals surface area (Å²) in [5.41, 5.74) is 1.10. The smallest absolute Gasteiger partial charge is 0.0946 e. The number of hydrogen-bond acceptors (Lipinski definition) is 2. The lowest BCUT2D eigenvalue weighted by Gasteiger charge is -2.14. The lowest BCUT2D eigenvalue weighted by Crippen LogP contribution is -2.09. The van der Waals surface area contributed by atoms with Crippen LogP contribution in [0.3, 0.4) is 0 Å². The minimum atomic E-state index is 0.184. The maximum Gasteiger partial charge on any atom is 0.0946 e. The van der Waals surface area contributed by atoms with Crippen molar-refractivity contribution in [2.45, 2.75) is 16.7 Å². The summed E-state index contributed by atoms with van der Waals surface area (Å²) in [7, 11) is 0. The third kappa shape index (κ3) is 5.55. The van der Waals surface area contributed by atoms with Gasteiger partial charge >= 0.3 is 0 Å². The predicted molar refractivity (Wildman–Crippen MR) is 109 cm³/mol. The molecule has 1 unspecified atom stereocenters. The summed E-state index contributed by atoms with van der Waals surface area (Å²) in [6.07, 6.45) is 9.80. The largest absolute Gasteiger partial charge is 0.336 e. The molecule has 0 radical (unpaired) electrons. The van der Waals surface area contributed by atoms with Gasteiger partial charge in [0.05, 0.1) is 11.3 Å². The van der Waals surface area contributed by atoms with Gasteiger partial charge in [0.2, 0.25) is 0 Å². The number of nitrogens with zero attached hydrogens (tertiary/aromatic N) is 2. The van der Waals surface area contributed by atoms with Crippen LogP contribution in [0.15, 0.2) is 72.2 Å². The molecule has 1 atom stereocenters. The lowest BCUT2D eigenvalue weighted by atomic mass is 10.2. The third-order valence-corrected chi connectivity index (χ3v) is 5.63. The van der Waals surface area contributed by atoms with Gasteiger partial charge in [-0.3, -0.25) is 0 Å². The highest BCUT2D eigenvalue weighted by Gasteiger charge is 2.11. The van der Waals surface area contributed by atoms with E-state index in [1.54, 1.807) is 24.0 Å². The van der Waals surface area contributed by atoms with Crippen molar-refractivity contribution < 1.29 is 0 Å². The van der Waals surface area contributed by atoms with Crippen LogP contribution in [0.4, 0.5) is 0 Å². The van der Waals surface area contributed by atoms with E-state index in [1.807, 2.05) is 53.5 Å². The van der Waals surface area contributed by atoms with E-state index < -0.39 is 0 Å². The number of halogens is 3. The Labute approximate surface area is 166 Å². The molecule has 3 rings (SSSR count). The summed E-state index contributed by atoms with van der Waals surface area (Å²) in [4.78, 5) is 5.11. The standard InChI is InChI=1S/C19H15Cl3N2S/c20-15-4-1-14(2-5-15)3-7-17(12-24-10-9-23-13-24)25-19-8-6-16(21)11-18(19)22/h1-11,13,17H,12H2. The molecule has 0 spiro atoms. The van der Waals surface area contributed by atoms with Crippen molar-refractivity contribution in [3.8, 4) is 0 Å².